The van der Waals surface area contributed by atoms with Crippen molar-refractivity contribution in [2.24, 2.45) is 0 Å². The molecule has 1 aromatic heterocycles. The summed E-state index contributed by atoms with van der Waals surface area (Å²) in [5, 5.41) is 5.41. The predicted molar refractivity (Wildman–Crippen MR) is 91.1 cm³/mol. The van der Waals surface area contributed by atoms with Crippen LogP contribution in [-0.2, 0) is 16.4 Å². The molecule has 0 amide bonds. The van der Waals surface area contributed by atoms with E-state index in [1.54, 1.807) is 36.4 Å². The smallest absolute Gasteiger partial charge is 0.267 e. The van der Waals surface area contributed by atoms with Crippen LogP contribution < -0.4 is 5.56 Å². The van der Waals surface area contributed by atoms with Crippen LogP contribution in [0.15, 0.2) is 53.3 Å². The molecule has 124 valence electrons. The van der Waals surface area contributed by atoms with E-state index in [9.17, 15) is 17.6 Å². The largest absolute Gasteiger partial charge is 0.274 e. The van der Waals surface area contributed by atoms with Gasteiger partial charge >= 0.3 is 0 Å². The van der Waals surface area contributed by atoms with Gasteiger partial charge in [-0.15, -0.1) is 0 Å². The Labute approximate surface area is 138 Å². The van der Waals surface area contributed by atoms with Gasteiger partial charge in [0, 0.05) is 17.2 Å². The molecular weight excluding hydrogens is 331 g/mol. The van der Waals surface area contributed by atoms with E-state index in [0.29, 0.717) is 22.0 Å². The van der Waals surface area contributed by atoms with Gasteiger partial charge in [-0.05, 0) is 30.3 Å². The highest BCUT2D eigenvalue weighted by Gasteiger charge is 2.13. The van der Waals surface area contributed by atoms with Gasteiger partial charge in [-0.2, -0.15) is 5.10 Å². The van der Waals surface area contributed by atoms with Crippen molar-refractivity contribution in [2.75, 3.05) is 12.0 Å². The number of sulfone groups is 1. The van der Waals surface area contributed by atoms with Crippen LogP contribution in [0.2, 0.25) is 0 Å². The predicted octanol–water partition coefficient (Wildman–Crippen LogP) is 2.25. The summed E-state index contributed by atoms with van der Waals surface area (Å²) in [6.45, 7) is -0.0311. The van der Waals surface area contributed by atoms with Crippen LogP contribution in [-0.4, -0.2) is 30.2 Å². The van der Waals surface area contributed by atoms with Crippen LogP contribution in [0.3, 0.4) is 0 Å². The Morgan fingerprint density at radius 2 is 1.67 bits per heavy atom. The molecule has 0 aliphatic rings. The Kier molecular flexibility index (Phi) is 4.19. The molecule has 0 unspecified atom stereocenters. The van der Waals surface area contributed by atoms with Gasteiger partial charge in [-0.25, -0.2) is 17.5 Å². The van der Waals surface area contributed by atoms with Gasteiger partial charge in [0.15, 0.2) is 0 Å². The Balaban J connectivity index is 2.22. The van der Waals surface area contributed by atoms with Crippen molar-refractivity contribution in [2.45, 2.75) is 6.54 Å². The van der Waals surface area contributed by atoms with Crippen LogP contribution in [0.5, 0.6) is 0 Å². The van der Waals surface area contributed by atoms with Gasteiger partial charge in [-0.1, -0.05) is 18.2 Å². The average Bonchev–Trinajstić information content (AvgIpc) is 2.55. The van der Waals surface area contributed by atoms with Crippen molar-refractivity contribution in [3.05, 3.63) is 64.7 Å². The number of hydrogen-bond donors (Lipinski definition) is 0. The molecule has 3 rings (SSSR count). The fourth-order valence-electron chi connectivity index (χ4n) is 2.46. The molecule has 0 N–H and O–H groups in total. The van der Waals surface area contributed by atoms with E-state index in [1.165, 1.54) is 12.1 Å². The van der Waals surface area contributed by atoms with Crippen molar-refractivity contribution in [1.29, 1.82) is 0 Å². The Bertz CT molecular complexity index is 1060. The summed E-state index contributed by atoms with van der Waals surface area (Å²) in [5.74, 6) is -0.547. The monoisotopic (exact) mass is 346 g/mol. The third-order valence-electron chi connectivity index (χ3n) is 3.66. The van der Waals surface area contributed by atoms with Gasteiger partial charge in [0.25, 0.3) is 5.56 Å². The minimum absolute atomic E-state index is 0.0311. The van der Waals surface area contributed by atoms with Gasteiger partial charge in [0.05, 0.1) is 23.4 Å². The number of aryl methyl sites for hydroxylation is 1. The molecule has 2 aromatic carbocycles. The lowest BCUT2D eigenvalue weighted by molar-refractivity contribution is 0.578. The van der Waals surface area contributed by atoms with Gasteiger partial charge in [0.1, 0.15) is 15.7 Å². The molecule has 0 fully saturated rings. The third kappa shape index (κ3) is 3.35. The second-order valence-corrected chi connectivity index (χ2v) is 7.82. The number of rotatable bonds is 4. The molecule has 0 saturated carbocycles. The van der Waals surface area contributed by atoms with Crippen molar-refractivity contribution in [1.82, 2.24) is 9.78 Å². The minimum Gasteiger partial charge on any atom is -0.267 e. The quantitative estimate of drug-likeness (QED) is 0.726. The molecule has 0 saturated heterocycles. The standard InChI is InChI=1S/C17H15FN2O3S/c1-24(22,23)11-10-20-17(21)15-5-3-2-4-14(15)16(19-20)12-6-8-13(18)9-7-12/h2-9H,10-11H2,1H3. The fourth-order valence-corrected chi connectivity index (χ4v) is 2.96. The first-order valence-electron chi connectivity index (χ1n) is 7.29. The normalized spacial score (nSPS) is 11.8. The SMILES string of the molecule is CS(=O)(=O)CCn1nc(-c2ccc(F)cc2)c2ccccc2c1=O. The molecule has 0 radical (unpaired) electrons. The summed E-state index contributed by atoms with van der Waals surface area (Å²) in [6.07, 6.45) is 1.11. The first kappa shape index (κ1) is 16.3. The lowest BCUT2D eigenvalue weighted by Gasteiger charge is -2.11. The Morgan fingerprint density at radius 1 is 1.04 bits per heavy atom. The fraction of sp³-hybridized carbons (Fsp3) is 0.176. The van der Waals surface area contributed by atoms with Crippen molar-refractivity contribution < 1.29 is 12.8 Å². The molecule has 0 aliphatic heterocycles. The number of halogens is 1. The lowest BCUT2D eigenvalue weighted by Crippen LogP contribution is -2.27. The van der Waals surface area contributed by atoms with Gasteiger partial charge < -0.3 is 0 Å². The van der Waals surface area contributed by atoms with Crippen LogP contribution in [0.25, 0.3) is 22.0 Å². The summed E-state index contributed by atoms with van der Waals surface area (Å²) in [4.78, 5) is 12.5. The highest BCUT2D eigenvalue weighted by atomic mass is 32.2. The maximum Gasteiger partial charge on any atom is 0.274 e. The van der Waals surface area contributed by atoms with Crippen molar-refractivity contribution >= 4 is 20.6 Å². The van der Waals surface area contributed by atoms with E-state index in [-0.39, 0.29) is 23.7 Å². The molecule has 0 aliphatic carbocycles. The maximum atomic E-state index is 13.2. The van der Waals surface area contributed by atoms with Crippen LogP contribution in [0, 0.1) is 5.82 Å². The van der Waals surface area contributed by atoms with Crippen LogP contribution >= 0.6 is 0 Å². The van der Waals surface area contributed by atoms with Crippen LogP contribution in [0.4, 0.5) is 4.39 Å². The number of aromatic nitrogens is 2. The summed E-state index contributed by atoms with van der Waals surface area (Å²) >= 11 is 0. The van der Waals surface area contributed by atoms with E-state index < -0.39 is 9.84 Å². The second kappa shape index (κ2) is 6.16. The zero-order valence-corrected chi connectivity index (χ0v) is 13.8. The number of hydrogen-bond acceptors (Lipinski definition) is 4. The highest BCUT2D eigenvalue weighted by molar-refractivity contribution is 7.90. The number of benzene rings is 2. The zero-order chi connectivity index (χ0) is 17.3. The average molecular weight is 346 g/mol. The molecule has 0 bridgehead atoms. The van der Waals surface area contributed by atoms with E-state index in [1.807, 2.05) is 0 Å². The second-order valence-electron chi connectivity index (χ2n) is 5.56. The molecule has 5 nitrogen and oxygen atoms in total. The van der Waals surface area contributed by atoms with E-state index in [2.05, 4.69) is 5.10 Å². The van der Waals surface area contributed by atoms with Crippen LogP contribution in [0.1, 0.15) is 0 Å². The number of nitrogens with zero attached hydrogens (tertiary/aromatic N) is 2. The maximum absolute atomic E-state index is 13.2. The molecule has 7 heteroatoms. The van der Waals surface area contributed by atoms with E-state index in [4.69, 9.17) is 0 Å². The first-order chi connectivity index (χ1) is 11.3. The van der Waals surface area contributed by atoms with E-state index >= 15 is 0 Å². The number of fused-ring (bicyclic) bond motifs is 1. The highest BCUT2D eigenvalue weighted by Crippen LogP contribution is 2.24. The summed E-state index contributed by atoms with van der Waals surface area (Å²) in [7, 11) is -3.22. The van der Waals surface area contributed by atoms with Crippen molar-refractivity contribution in [3.8, 4) is 11.3 Å². The summed E-state index contributed by atoms with van der Waals surface area (Å²) in [5.41, 5.74) is 0.819. The van der Waals surface area contributed by atoms with Gasteiger partial charge in [0.2, 0.25) is 0 Å². The molecule has 0 atom stereocenters. The topological polar surface area (TPSA) is 69.0 Å². The molecule has 24 heavy (non-hydrogen) atoms. The van der Waals surface area contributed by atoms with Crippen molar-refractivity contribution in [3.63, 3.8) is 0 Å². The molecule has 0 spiro atoms. The molecule has 3 aromatic rings. The molecule has 1 heterocycles. The summed E-state index contributed by atoms with van der Waals surface area (Å²) in [6, 6.07) is 12.8. The molecular formula is C17H15FN2O3S. The zero-order valence-electron chi connectivity index (χ0n) is 12.9. The van der Waals surface area contributed by atoms with E-state index in [0.717, 1.165) is 10.9 Å². The van der Waals surface area contributed by atoms with Gasteiger partial charge in [-0.3, -0.25) is 4.79 Å². The third-order valence-corrected chi connectivity index (χ3v) is 4.58. The Hall–Kier alpha value is -2.54. The first-order valence-corrected chi connectivity index (χ1v) is 9.35. The minimum atomic E-state index is -3.22. The Morgan fingerprint density at radius 3 is 2.29 bits per heavy atom. The summed E-state index contributed by atoms with van der Waals surface area (Å²) < 4.78 is 37.1. The lowest BCUT2D eigenvalue weighted by atomic mass is 10.1.